The third-order valence-corrected chi connectivity index (χ3v) is 2.69. The van der Waals surface area contributed by atoms with Crippen molar-refractivity contribution in [2.24, 2.45) is 0 Å². The lowest BCUT2D eigenvalue weighted by molar-refractivity contribution is -0.141. The minimum atomic E-state index is -0.354. The number of carbonyl (C=O) groups excluding carboxylic acids is 1. The molecule has 1 aliphatic heterocycles. The van der Waals surface area contributed by atoms with Crippen LogP contribution in [0.4, 0.5) is 0 Å². The van der Waals surface area contributed by atoms with Gasteiger partial charge >= 0.3 is 5.97 Å². The Morgan fingerprint density at radius 1 is 1.60 bits per heavy atom. The highest BCUT2D eigenvalue weighted by molar-refractivity contribution is 5.65. The Kier molecular flexibility index (Phi) is 5.05. The molecule has 0 saturated carbocycles. The van der Waals surface area contributed by atoms with Gasteiger partial charge in [0, 0.05) is 13.3 Å². The van der Waals surface area contributed by atoms with Gasteiger partial charge in [-0.05, 0) is 19.3 Å². The van der Waals surface area contributed by atoms with E-state index in [1.165, 1.54) is 6.92 Å². The Balaban J connectivity index is 2.13. The van der Waals surface area contributed by atoms with E-state index in [9.17, 15) is 9.90 Å². The Morgan fingerprint density at radius 2 is 2.33 bits per heavy atom. The third kappa shape index (κ3) is 4.18. The van der Waals surface area contributed by atoms with E-state index in [4.69, 9.17) is 9.47 Å². The monoisotopic (exact) mass is 216 g/mol. The largest absolute Gasteiger partial charge is 0.466 e. The van der Waals surface area contributed by atoms with Gasteiger partial charge < -0.3 is 14.6 Å². The fourth-order valence-corrected chi connectivity index (χ4v) is 1.84. The van der Waals surface area contributed by atoms with Crippen LogP contribution in [0.1, 0.15) is 39.5 Å². The van der Waals surface area contributed by atoms with Crippen molar-refractivity contribution in [2.75, 3.05) is 6.61 Å². The fraction of sp³-hybridized carbons (Fsp3) is 0.909. The number of hydrogen-bond acceptors (Lipinski definition) is 4. The summed E-state index contributed by atoms with van der Waals surface area (Å²) >= 11 is 0. The summed E-state index contributed by atoms with van der Waals surface area (Å²) in [7, 11) is 0. The maximum absolute atomic E-state index is 10.5. The number of esters is 1. The lowest BCUT2D eigenvalue weighted by atomic mass is 10.1. The van der Waals surface area contributed by atoms with Gasteiger partial charge in [0.2, 0.25) is 0 Å². The second-order valence-electron chi connectivity index (χ2n) is 3.99. The van der Waals surface area contributed by atoms with Gasteiger partial charge in [0.1, 0.15) is 0 Å². The molecular formula is C11H20O4. The minimum absolute atomic E-state index is 0.0782. The Morgan fingerprint density at radius 3 is 2.87 bits per heavy atom. The molecule has 3 atom stereocenters. The van der Waals surface area contributed by atoms with Crippen LogP contribution < -0.4 is 0 Å². The van der Waals surface area contributed by atoms with Crippen molar-refractivity contribution >= 4 is 5.97 Å². The molecule has 4 nitrogen and oxygen atoms in total. The van der Waals surface area contributed by atoms with Crippen molar-refractivity contribution in [1.29, 1.82) is 0 Å². The third-order valence-electron chi connectivity index (χ3n) is 2.69. The van der Waals surface area contributed by atoms with E-state index in [1.54, 1.807) is 0 Å². The van der Waals surface area contributed by atoms with Gasteiger partial charge in [-0.25, -0.2) is 0 Å². The molecule has 4 heteroatoms. The zero-order chi connectivity index (χ0) is 11.3. The van der Waals surface area contributed by atoms with Gasteiger partial charge in [0.05, 0.1) is 24.9 Å². The molecule has 0 aliphatic carbocycles. The van der Waals surface area contributed by atoms with Gasteiger partial charge in [0.25, 0.3) is 0 Å². The second kappa shape index (κ2) is 6.08. The first-order valence-corrected chi connectivity index (χ1v) is 5.60. The molecule has 0 amide bonds. The van der Waals surface area contributed by atoms with Gasteiger partial charge in [-0.3, -0.25) is 4.79 Å². The summed E-state index contributed by atoms with van der Waals surface area (Å²) in [6, 6.07) is 0. The van der Waals surface area contributed by atoms with Crippen LogP contribution in [0.3, 0.4) is 0 Å². The van der Waals surface area contributed by atoms with Gasteiger partial charge in [0.15, 0.2) is 0 Å². The highest BCUT2D eigenvalue weighted by atomic mass is 16.5. The molecule has 1 fully saturated rings. The summed E-state index contributed by atoms with van der Waals surface area (Å²) in [5, 5.41) is 9.67. The molecule has 1 heterocycles. The van der Waals surface area contributed by atoms with E-state index >= 15 is 0 Å². The molecule has 1 rings (SSSR count). The van der Waals surface area contributed by atoms with Crippen LogP contribution in [-0.2, 0) is 14.3 Å². The van der Waals surface area contributed by atoms with Crippen LogP contribution >= 0.6 is 0 Å². The zero-order valence-electron chi connectivity index (χ0n) is 9.44. The molecule has 0 radical (unpaired) electrons. The van der Waals surface area contributed by atoms with Crippen LogP contribution in [0.5, 0.6) is 0 Å². The minimum Gasteiger partial charge on any atom is -0.466 e. The number of hydrogen-bond donors (Lipinski definition) is 1. The van der Waals surface area contributed by atoms with Gasteiger partial charge in [-0.2, -0.15) is 0 Å². The van der Waals surface area contributed by atoms with Gasteiger partial charge in [-0.15, -0.1) is 0 Å². The molecule has 15 heavy (non-hydrogen) atoms. The average Bonchev–Trinajstić information content (AvgIpc) is 2.54. The zero-order valence-corrected chi connectivity index (χ0v) is 9.44. The molecule has 0 bridgehead atoms. The van der Waals surface area contributed by atoms with Crippen LogP contribution in [0.25, 0.3) is 0 Å². The van der Waals surface area contributed by atoms with E-state index in [2.05, 4.69) is 6.92 Å². The quantitative estimate of drug-likeness (QED) is 0.555. The number of carbonyl (C=O) groups is 1. The Bertz CT molecular complexity index is 205. The molecule has 0 spiro atoms. The molecule has 1 saturated heterocycles. The lowest BCUT2D eigenvalue weighted by Gasteiger charge is -2.14. The number of aliphatic hydroxyl groups excluding tert-OH is 1. The molecule has 1 aliphatic rings. The molecule has 88 valence electrons. The summed E-state index contributed by atoms with van der Waals surface area (Å²) in [6.07, 6.45) is 2.94. The van der Waals surface area contributed by atoms with Crippen LogP contribution in [-0.4, -0.2) is 36.0 Å². The topological polar surface area (TPSA) is 55.8 Å². The molecule has 0 aromatic rings. The summed E-state index contributed by atoms with van der Waals surface area (Å²) in [5.74, 6) is -0.255. The van der Waals surface area contributed by atoms with Crippen LogP contribution in [0.2, 0.25) is 0 Å². The van der Waals surface area contributed by atoms with Gasteiger partial charge in [-0.1, -0.05) is 6.92 Å². The van der Waals surface area contributed by atoms with Crippen LogP contribution in [0.15, 0.2) is 0 Å². The smallest absolute Gasteiger partial charge is 0.302 e. The number of aliphatic hydroxyl groups is 1. The molecule has 0 aromatic carbocycles. The lowest BCUT2D eigenvalue weighted by Crippen LogP contribution is -2.21. The number of rotatable bonds is 5. The second-order valence-corrected chi connectivity index (χ2v) is 3.99. The van der Waals surface area contributed by atoms with Crippen molar-refractivity contribution in [1.82, 2.24) is 0 Å². The van der Waals surface area contributed by atoms with E-state index in [1.807, 2.05) is 0 Å². The van der Waals surface area contributed by atoms with E-state index < -0.39 is 0 Å². The molecular weight excluding hydrogens is 196 g/mol. The first-order chi connectivity index (χ1) is 7.13. The normalized spacial score (nSPS) is 30.5. The van der Waals surface area contributed by atoms with E-state index in [0.717, 1.165) is 25.7 Å². The maximum Gasteiger partial charge on any atom is 0.302 e. The van der Waals surface area contributed by atoms with Crippen molar-refractivity contribution in [3.8, 4) is 0 Å². The standard InChI is InChI=1S/C11H20O4/c1-3-9-7-10(13)11(15-9)5-4-6-14-8(2)12/h9-11,13H,3-7H2,1-2H3/t9-,10+,11+/m1/s1. The summed E-state index contributed by atoms with van der Waals surface area (Å²) in [6.45, 7) is 3.87. The Labute approximate surface area is 90.6 Å². The van der Waals surface area contributed by atoms with Crippen molar-refractivity contribution in [3.63, 3.8) is 0 Å². The first-order valence-electron chi connectivity index (χ1n) is 5.60. The summed E-state index contributed by atoms with van der Waals surface area (Å²) < 4.78 is 10.5. The van der Waals surface area contributed by atoms with Crippen molar-refractivity contribution < 1.29 is 19.4 Å². The molecule has 0 aromatic heterocycles. The Hall–Kier alpha value is -0.610. The predicted molar refractivity (Wildman–Crippen MR) is 55.4 cm³/mol. The first kappa shape index (κ1) is 12.5. The van der Waals surface area contributed by atoms with Crippen molar-refractivity contribution in [2.45, 2.75) is 57.8 Å². The molecule has 1 N–H and O–H groups in total. The van der Waals surface area contributed by atoms with E-state index in [-0.39, 0.29) is 24.3 Å². The summed E-state index contributed by atoms with van der Waals surface area (Å²) in [4.78, 5) is 10.5. The SMILES string of the molecule is CC[C@@H]1C[C@H](O)[C@H](CCCOC(C)=O)O1. The average molecular weight is 216 g/mol. The molecule has 0 unspecified atom stereocenters. The summed E-state index contributed by atoms with van der Waals surface area (Å²) in [5.41, 5.74) is 0. The highest BCUT2D eigenvalue weighted by Crippen LogP contribution is 2.25. The maximum atomic E-state index is 10.5. The van der Waals surface area contributed by atoms with Crippen LogP contribution in [0, 0.1) is 0 Å². The van der Waals surface area contributed by atoms with Crippen molar-refractivity contribution in [3.05, 3.63) is 0 Å². The predicted octanol–water partition coefficient (Wildman–Crippen LogP) is 1.26. The highest BCUT2D eigenvalue weighted by Gasteiger charge is 2.32. The van der Waals surface area contributed by atoms with E-state index in [0.29, 0.717) is 6.61 Å². The number of ether oxygens (including phenoxy) is 2. The fourth-order valence-electron chi connectivity index (χ4n) is 1.84.